The summed E-state index contributed by atoms with van der Waals surface area (Å²) >= 11 is 5.55. The second-order valence-corrected chi connectivity index (χ2v) is 6.16. The molecule has 1 N–H and O–H groups in total. The predicted molar refractivity (Wildman–Crippen MR) is 91.3 cm³/mol. The first kappa shape index (κ1) is 15.3. The van der Waals surface area contributed by atoms with Crippen molar-refractivity contribution in [3.05, 3.63) is 29.8 Å². The Balaban J connectivity index is 1.90. The van der Waals surface area contributed by atoms with Gasteiger partial charge in [-0.15, -0.1) is 0 Å². The summed E-state index contributed by atoms with van der Waals surface area (Å²) < 4.78 is 0. The minimum Gasteiger partial charge on any atom is -0.346 e. The molecule has 0 aliphatic carbocycles. The van der Waals surface area contributed by atoms with Crippen molar-refractivity contribution in [1.29, 1.82) is 0 Å². The van der Waals surface area contributed by atoms with Crippen molar-refractivity contribution >= 4 is 23.0 Å². The van der Waals surface area contributed by atoms with E-state index in [1.54, 1.807) is 0 Å². The Morgan fingerprint density at radius 2 is 2.05 bits per heavy atom. The lowest BCUT2D eigenvalue weighted by Crippen LogP contribution is -2.44. The number of hydrogen-bond acceptors (Lipinski definition) is 1. The van der Waals surface area contributed by atoms with Crippen LogP contribution in [0.3, 0.4) is 0 Å². The third-order valence-electron chi connectivity index (χ3n) is 4.09. The summed E-state index contributed by atoms with van der Waals surface area (Å²) in [6, 6.07) is 9.27. The van der Waals surface area contributed by atoms with E-state index in [1.807, 2.05) is 0 Å². The Bertz CT molecular complexity index is 427. The van der Waals surface area contributed by atoms with E-state index in [-0.39, 0.29) is 0 Å². The Morgan fingerprint density at radius 3 is 2.70 bits per heavy atom. The fraction of sp³-hybridized carbons (Fsp3) is 0.588. The fourth-order valence-electron chi connectivity index (χ4n) is 2.73. The van der Waals surface area contributed by atoms with Crippen LogP contribution in [-0.2, 0) is 6.42 Å². The van der Waals surface area contributed by atoms with E-state index in [0.717, 1.165) is 17.3 Å². The summed E-state index contributed by atoms with van der Waals surface area (Å²) in [5.74, 6) is 0. The largest absolute Gasteiger partial charge is 0.346 e. The molecule has 1 saturated heterocycles. The highest BCUT2D eigenvalue weighted by atomic mass is 32.1. The zero-order valence-electron chi connectivity index (χ0n) is 12.7. The molecule has 1 heterocycles. The number of piperidine rings is 1. The number of likely N-dealkylation sites (tertiary alicyclic amines) is 1. The van der Waals surface area contributed by atoms with Crippen molar-refractivity contribution in [1.82, 2.24) is 4.90 Å². The Labute approximate surface area is 128 Å². The lowest BCUT2D eigenvalue weighted by molar-refractivity contribution is 0.262. The first-order valence-electron chi connectivity index (χ1n) is 7.87. The molecule has 1 atom stereocenters. The van der Waals surface area contributed by atoms with E-state index in [4.69, 9.17) is 12.2 Å². The molecule has 0 bridgehead atoms. The molecule has 1 aliphatic rings. The van der Waals surface area contributed by atoms with E-state index in [9.17, 15) is 0 Å². The summed E-state index contributed by atoms with van der Waals surface area (Å²) in [4.78, 5) is 2.32. The number of nitrogens with zero attached hydrogens (tertiary/aromatic N) is 1. The summed E-state index contributed by atoms with van der Waals surface area (Å²) in [5, 5.41) is 4.26. The van der Waals surface area contributed by atoms with Gasteiger partial charge in [0.1, 0.15) is 0 Å². The zero-order valence-corrected chi connectivity index (χ0v) is 13.5. The van der Waals surface area contributed by atoms with Gasteiger partial charge in [0.05, 0.1) is 0 Å². The van der Waals surface area contributed by atoms with Crippen LogP contribution in [0, 0.1) is 0 Å². The number of hydrogen-bond donors (Lipinski definition) is 1. The summed E-state index contributed by atoms with van der Waals surface area (Å²) in [6.45, 7) is 5.58. The van der Waals surface area contributed by atoms with Crippen LogP contribution in [0.5, 0.6) is 0 Å². The maximum Gasteiger partial charge on any atom is 0.173 e. The molecule has 110 valence electrons. The number of aryl methyl sites for hydroxylation is 1. The van der Waals surface area contributed by atoms with Gasteiger partial charge >= 0.3 is 0 Å². The summed E-state index contributed by atoms with van der Waals surface area (Å²) in [6.07, 6.45) is 7.50. The molecule has 0 aromatic heterocycles. The SMILES string of the molecule is CCCCc1ccc(NC(=S)N2CCCC[C@@H]2C)cc1. The molecule has 1 aliphatic heterocycles. The van der Waals surface area contributed by atoms with Crippen LogP contribution >= 0.6 is 12.2 Å². The zero-order chi connectivity index (χ0) is 14.4. The third kappa shape index (κ3) is 4.20. The van der Waals surface area contributed by atoms with Crippen molar-refractivity contribution in [2.45, 2.75) is 58.4 Å². The highest BCUT2D eigenvalue weighted by Crippen LogP contribution is 2.19. The van der Waals surface area contributed by atoms with Crippen LogP contribution in [0.2, 0.25) is 0 Å². The van der Waals surface area contributed by atoms with Crippen molar-refractivity contribution in [3.63, 3.8) is 0 Å². The van der Waals surface area contributed by atoms with Crippen LogP contribution in [0.4, 0.5) is 5.69 Å². The molecular formula is C17H26N2S. The van der Waals surface area contributed by atoms with Crippen LogP contribution in [0.1, 0.15) is 51.5 Å². The predicted octanol–water partition coefficient (Wildman–Crippen LogP) is 4.60. The van der Waals surface area contributed by atoms with Gasteiger partial charge in [-0.25, -0.2) is 0 Å². The monoisotopic (exact) mass is 290 g/mol. The third-order valence-corrected chi connectivity index (χ3v) is 4.42. The fourth-order valence-corrected chi connectivity index (χ4v) is 3.12. The quantitative estimate of drug-likeness (QED) is 0.816. The summed E-state index contributed by atoms with van der Waals surface area (Å²) in [7, 11) is 0. The molecular weight excluding hydrogens is 264 g/mol. The second-order valence-electron chi connectivity index (χ2n) is 5.77. The van der Waals surface area contributed by atoms with Crippen molar-refractivity contribution in [2.24, 2.45) is 0 Å². The van der Waals surface area contributed by atoms with Gasteiger partial charge in [-0.05, 0) is 68.9 Å². The van der Waals surface area contributed by atoms with Crippen LogP contribution in [0.25, 0.3) is 0 Å². The number of benzene rings is 1. The van der Waals surface area contributed by atoms with Gasteiger partial charge < -0.3 is 10.2 Å². The maximum atomic E-state index is 5.55. The smallest absolute Gasteiger partial charge is 0.173 e. The molecule has 3 heteroatoms. The molecule has 1 aromatic rings. The first-order valence-corrected chi connectivity index (χ1v) is 8.28. The minimum atomic E-state index is 0.563. The molecule has 2 rings (SSSR count). The van der Waals surface area contributed by atoms with Crippen molar-refractivity contribution in [2.75, 3.05) is 11.9 Å². The number of thiocarbonyl (C=S) groups is 1. The highest BCUT2D eigenvalue weighted by Gasteiger charge is 2.20. The average molecular weight is 290 g/mol. The van der Waals surface area contributed by atoms with Crippen LogP contribution < -0.4 is 5.32 Å². The van der Waals surface area contributed by atoms with E-state index in [1.165, 1.54) is 44.1 Å². The van der Waals surface area contributed by atoms with Gasteiger partial charge in [0.25, 0.3) is 0 Å². The lowest BCUT2D eigenvalue weighted by Gasteiger charge is -2.35. The molecule has 0 unspecified atom stereocenters. The van der Waals surface area contributed by atoms with E-state index in [2.05, 4.69) is 48.3 Å². The molecule has 0 spiro atoms. The molecule has 0 saturated carbocycles. The second kappa shape index (κ2) is 7.63. The molecule has 2 nitrogen and oxygen atoms in total. The minimum absolute atomic E-state index is 0.563. The first-order chi connectivity index (χ1) is 9.70. The van der Waals surface area contributed by atoms with Crippen molar-refractivity contribution < 1.29 is 0 Å². The van der Waals surface area contributed by atoms with Gasteiger partial charge in [-0.1, -0.05) is 25.5 Å². The Hall–Kier alpha value is -1.09. The number of unbranched alkanes of at least 4 members (excludes halogenated alkanes) is 1. The number of anilines is 1. The Kier molecular flexibility index (Phi) is 5.84. The number of nitrogens with one attached hydrogen (secondary N) is 1. The lowest BCUT2D eigenvalue weighted by atomic mass is 10.0. The van der Waals surface area contributed by atoms with E-state index >= 15 is 0 Å². The molecule has 20 heavy (non-hydrogen) atoms. The van der Waals surface area contributed by atoms with Crippen LogP contribution in [-0.4, -0.2) is 22.6 Å². The highest BCUT2D eigenvalue weighted by molar-refractivity contribution is 7.80. The van der Waals surface area contributed by atoms with E-state index < -0.39 is 0 Å². The van der Waals surface area contributed by atoms with Gasteiger partial charge in [0, 0.05) is 18.3 Å². The van der Waals surface area contributed by atoms with Crippen molar-refractivity contribution in [3.8, 4) is 0 Å². The van der Waals surface area contributed by atoms with Gasteiger partial charge in [-0.3, -0.25) is 0 Å². The van der Waals surface area contributed by atoms with Gasteiger partial charge in [-0.2, -0.15) is 0 Å². The molecule has 0 amide bonds. The van der Waals surface area contributed by atoms with E-state index in [0.29, 0.717) is 6.04 Å². The van der Waals surface area contributed by atoms with Crippen LogP contribution in [0.15, 0.2) is 24.3 Å². The Morgan fingerprint density at radius 1 is 1.30 bits per heavy atom. The standard InChI is InChI=1S/C17H26N2S/c1-3-4-8-15-9-11-16(12-10-15)18-17(20)19-13-6-5-7-14(19)2/h9-12,14H,3-8,13H2,1-2H3,(H,18,20)/t14-/m0/s1. The molecule has 0 radical (unpaired) electrons. The molecule has 1 aromatic carbocycles. The van der Waals surface area contributed by atoms with Gasteiger partial charge in [0.15, 0.2) is 5.11 Å². The number of rotatable bonds is 4. The normalized spacial score (nSPS) is 18.9. The maximum absolute atomic E-state index is 5.55. The van der Waals surface area contributed by atoms with Gasteiger partial charge in [0.2, 0.25) is 0 Å². The molecule has 1 fully saturated rings. The average Bonchev–Trinajstić information content (AvgIpc) is 2.47. The summed E-state index contributed by atoms with van der Waals surface area (Å²) in [5.41, 5.74) is 2.52. The topological polar surface area (TPSA) is 15.3 Å².